The van der Waals surface area contributed by atoms with Crippen LogP contribution in [0.4, 0.5) is 0 Å². The summed E-state index contributed by atoms with van der Waals surface area (Å²) in [5.74, 6) is 1.29. The zero-order valence-corrected chi connectivity index (χ0v) is 15.8. The van der Waals surface area contributed by atoms with Crippen molar-refractivity contribution in [2.24, 2.45) is 0 Å². The van der Waals surface area contributed by atoms with Crippen LogP contribution in [0.15, 0.2) is 22.6 Å². The molecule has 0 radical (unpaired) electrons. The minimum absolute atomic E-state index is 0.338. The van der Waals surface area contributed by atoms with Gasteiger partial charge in [-0.1, -0.05) is 6.07 Å². The Labute approximate surface area is 149 Å². The van der Waals surface area contributed by atoms with Gasteiger partial charge in [0, 0.05) is 5.92 Å². The highest BCUT2D eigenvalue weighted by molar-refractivity contribution is 6.62. The molecular formula is C19H27BN2O3. The number of aromatic nitrogens is 1. The van der Waals surface area contributed by atoms with Gasteiger partial charge in [-0.3, -0.25) is 0 Å². The summed E-state index contributed by atoms with van der Waals surface area (Å²) in [6.07, 6.45) is 2.21. The number of hydrogen-bond acceptors (Lipinski definition) is 5. The van der Waals surface area contributed by atoms with E-state index in [2.05, 4.69) is 39.6 Å². The summed E-state index contributed by atoms with van der Waals surface area (Å²) in [7, 11) is 1.80. The second kappa shape index (κ2) is 5.83. The second-order valence-electron chi connectivity index (χ2n) is 8.45. The van der Waals surface area contributed by atoms with Crippen molar-refractivity contribution in [3.8, 4) is 0 Å². The molecule has 0 atom stereocenters. The molecule has 0 amide bonds. The molecule has 1 aromatic carbocycles. The molecule has 2 aliphatic rings. The zero-order valence-electron chi connectivity index (χ0n) is 15.8. The van der Waals surface area contributed by atoms with Crippen molar-refractivity contribution in [1.82, 2.24) is 9.88 Å². The van der Waals surface area contributed by atoms with Crippen LogP contribution in [0.1, 0.15) is 52.3 Å². The molecule has 0 saturated carbocycles. The van der Waals surface area contributed by atoms with Crippen LogP contribution < -0.4 is 5.46 Å². The molecule has 0 bridgehead atoms. The largest absolute Gasteiger partial charge is 0.494 e. The van der Waals surface area contributed by atoms with E-state index in [4.69, 9.17) is 18.7 Å². The van der Waals surface area contributed by atoms with Gasteiger partial charge in [-0.05, 0) is 78.3 Å². The lowest BCUT2D eigenvalue weighted by Crippen LogP contribution is -2.41. The third kappa shape index (κ3) is 3.00. The SMILES string of the molecule is CN1CCC(c2nc3cc(B4OC(C)(C)C(C)(C)O4)ccc3o2)CC1. The minimum atomic E-state index is -0.363. The number of oxazole rings is 1. The van der Waals surface area contributed by atoms with Gasteiger partial charge < -0.3 is 18.6 Å². The van der Waals surface area contributed by atoms with Crippen LogP contribution in [-0.2, 0) is 9.31 Å². The van der Waals surface area contributed by atoms with E-state index >= 15 is 0 Å². The van der Waals surface area contributed by atoms with E-state index in [-0.39, 0.29) is 18.3 Å². The molecule has 2 aromatic rings. The molecule has 134 valence electrons. The van der Waals surface area contributed by atoms with Gasteiger partial charge in [-0.2, -0.15) is 0 Å². The van der Waals surface area contributed by atoms with Crippen LogP contribution in [0.25, 0.3) is 11.1 Å². The molecular weight excluding hydrogens is 315 g/mol. The molecule has 2 aliphatic heterocycles. The molecule has 0 aliphatic carbocycles. The first-order valence-corrected chi connectivity index (χ1v) is 9.20. The number of fused-ring (bicyclic) bond motifs is 1. The fraction of sp³-hybridized carbons (Fsp3) is 0.632. The van der Waals surface area contributed by atoms with Gasteiger partial charge in [0.25, 0.3) is 0 Å². The van der Waals surface area contributed by atoms with Crippen LogP contribution in [0, 0.1) is 0 Å². The molecule has 2 fully saturated rings. The van der Waals surface area contributed by atoms with Crippen LogP contribution in [0.3, 0.4) is 0 Å². The van der Waals surface area contributed by atoms with Crippen molar-refractivity contribution in [2.75, 3.05) is 20.1 Å². The summed E-state index contributed by atoms with van der Waals surface area (Å²) >= 11 is 0. The van der Waals surface area contributed by atoms with Crippen molar-refractivity contribution in [3.05, 3.63) is 24.1 Å². The molecule has 0 unspecified atom stereocenters. The van der Waals surface area contributed by atoms with E-state index in [1.807, 2.05) is 18.2 Å². The van der Waals surface area contributed by atoms with Crippen molar-refractivity contribution in [1.29, 1.82) is 0 Å². The second-order valence-corrected chi connectivity index (χ2v) is 8.45. The van der Waals surface area contributed by atoms with Crippen LogP contribution in [-0.4, -0.2) is 48.3 Å². The summed E-state index contributed by atoms with van der Waals surface area (Å²) in [6.45, 7) is 10.5. The van der Waals surface area contributed by atoms with Crippen LogP contribution >= 0.6 is 0 Å². The average molecular weight is 342 g/mol. The van der Waals surface area contributed by atoms with Gasteiger partial charge in [0.05, 0.1) is 11.2 Å². The number of likely N-dealkylation sites (tertiary alicyclic amines) is 1. The van der Waals surface area contributed by atoms with Crippen molar-refractivity contribution in [3.63, 3.8) is 0 Å². The lowest BCUT2D eigenvalue weighted by atomic mass is 9.79. The van der Waals surface area contributed by atoms with E-state index < -0.39 is 0 Å². The molecule has 0 spiro atoms. The summed E-state index contributed by atoms with van der Waals surface area (Å²) in [4.78, 5) is 7.13. The van der Waals surface area contributed by atoms with Crippen molar-refractivity contribution >= 4 is 23.7 Å². The lowest BCUT2D eigenvalue weighted by molar-refractivity contribution is 0.00578. The quantitative estimate of drug-likeness (QED) is 0.786. The van der Waals surface area contributed by atoms with Gasteiger partial charge in [0.1, 0.15) is 5.52 Å². The third-order valence-electron chi connectivity index (χ3n) is 6.02. The third-order valence-corrected chi connectivity index (χ3v) is 6.02. The van der Waals surface area contributed by atoms with Gasteiger partial charge in [-0.15, -0.1) is 0 Å². The van der Waals surface area contributed by atoms with Gasteiger partial charge in [0.15, 0.2) is 11.5 Å². The summed E-state index contributed by atoms with van der Waals surface area (Å²) in [5, 5.41) is 0. The smallest absolute Gasteiger partial charge is 0.440 e. The summed E-state index contributed by atoms with van der Waals surface area (Å²) < 4.78 is 18.3. The highest BCUT2D eigenvalue weighted by Gasteiger charge is 2.51. The normalized spacial score (nSPS) is 24.3. The number of benzene rings is 1. The van der Waals surface area contributed by atoms with Crippen molar-refractivity contribution < 1.29 is 13.7 Å². The Morgan fingerprint density at radius 2 is 1.72 bits per heavy atom. The van der Waals surface area contributed by atoms with E-state index in [0.717, 1.165) is 48.4 Å². The first kappa shape index (κ1) is 17.1. The Morgan fingerprint density at radius 3 is 2.36 bits per heavy atom. The predicted octanol–water partition coefficient (Wildman–Crippen LogP) is 2.94. The monoisotopic (exact) mass is 342 g/mol. The maximum absolute atomic E-state index is 6.15. The highest BCUT2D eigenvalue weighted by atomic mass is 16.7. The van der Waals surface area contributed by atoms with Gasteiger partial charge >= 0.3 is 7.12 Å². The first-order valence-electron chi connectivity index (χ1n) is 9.20. The standard InChI is InChI=1S/C19H27BN2O3/c1-18(2)19(3,4)25-20(24-18)14-6-7-16-15(12-14)21-17(23-16)13-8-10-22(5)11-9-13/h6-7,12-13H,8-11H2,1-5H3. The molecule has 2 saturated heterocycles. The maximum atomic E-state index is 6.15. The Balaban J connectivity index is 1.59. The van der Waals surface area contributed by atoms with E-state index in [1.165, 1.54) is 0 Å². The number of hydrogen-bond donors (Lipinski definition) is 0. The molecule has 1 aromatic heterocycles. The van der Waals surface area contributed by atoms with Crippen molar-refractivity contribution in [2.45, 2.75) is 57.7 Å². The highest BCUT2D eigenvalue weighted by Crippen LogP contribution is 2.37. The Bertz CT molecular complexity index is 762. The zero-order chi connectivity index (χ0) is 17.8. The predicted molar refractivity (Wildman–Crippen MR) is 99.2 cm³/mol. The molecule has 4 rings (SSSR count). The van der Waals surface area contributed by atoms with Gasteiger partial charge in [-0.25, -0.2) is 4.98 Å². The average Bonchev–Trinajstić information content (AvgIpc) is 3.05. The number of nitrogens with zero attached hydrogens (tertiary/aromatic N) is 2. The van der Waals surface area contributed by atoms with E-state index in [1.54, 1.807) is 0 Å². The van der Waals surface area contributed by atoms with Crippen LogP contribution in [0.2, 0.25) is 0 Å². The Hall–Kier alpha value is -1.37. The molecule has 3 heterocycles. The topological polar surface area (TPSA) is 47.7 Å². The van der Waals surface area contributed by atoms with Gasteiger partial charge in [0.2, 0.25) is 0 Å². The molecule has 25 heavy (non-hydrogen) atoms. The van der Waals surface area contributed by atoms with E-state index in [0.29, 0.717) is 5.92 Å². The molecule has 0 N–H and O–H groups in total. The Kier molecular flexibility index (Phi) is 3.98. The number of rotatable bonds is 2. The fourth-order valence-corrected chi connectivity index (χ4v) is 3.52. The summed E-state index contributed by atoms with van der Waals surface area (Å²) in [5.41, 5.74) is 2.05. The Morgan fingerprint density at radius 1 is 1.08 bits per heavy atom. The summed E-state index contributed by atoms with van der Waals surface area (Å²) in [6, 6.07) is 6.05. The number of piperidine rings is 1. The minimum Gasteiger partial charge on any atom is -0.440 e. The first-order chi connectivity index (χ1) is 11.7. The van der Waals surface area contributed by atoms with Crippen LogP contribution in [0.5, 0.6) is 0 Å². The fourth-order valence-electron chi connectivity index (χ4n) is 3.52. The molecule has 6 heteroatoms. The maximum Gasteiger partial charge on any atom is 0.494 e. The van der Waals surface area contributed by atoms with E-state index in [9.17, 15) is 0 Å². The lowest BCUT2D eigenvalue weighted by Gasteiger charge is -2.32. The molecule has 5 nitrogen and oxygen atoms in total.